The number of amidine groups is 1. The third-order valence-corrected chi connectivity index (χ3v) is 4.67. The summed E-state index contributed by atoms with van der Waals surface area (Å²) in [6, 6.07) is 13.7. The van der Waals surface area contributed by atoms with Crippen LogP contribution < -0.4 is 5.73 Å². The number of likely N-dealkylation sites (N-methyl/N-ethyl adjacent to an activating group) is 1. The molecule has 0 saturated heterocycles. The standard InChI is InChI=1S/C23H25N3O3/c1-4-29-23(28)19-13-18-12-17(9-10-20(18)25-21(24)14-19)16-7-5-15(6-8-16)11-22(27)26(2)3/h5-10,12-13H,4,11,14H2,1-3H3,(H2,24,25). The van der Waals surface area contributed by atoms with E-state index in [-0.39, 0.29) is 18.3 Å². The van der Waals surface area contributed by atoms with Gasteiger partial charge in [-0.3, -0.25) is 4.79 Å². The lowest BCUT2D eigenvalue weighted by Crippen LogP contribution is -2.23. The number of amides is 1. The molecule has 0 radical (unpaired) electrons. The lowest BCUT2D eigenvalue weighted by Gasteiger charge is -2.11. The maximum Gasteiger partial charge on any atom is 0.334 e. The zero-order valence-corrected chi connectivity index (χ0v) is 16.9. The quantitative estimate of drug-likeness (QED) is 0.793. The molecule has 150 valence electrons. The van der Waals surface area contributed by atoms with Crippen molar-refractivity contribution in [1.29, 1.82) is 0 Å². The van der Waals surface area contributed by atoms with Crippen LogP contribution >= 0.6 is 0 Å². The zero-order valence-electron chi connectivity index (χ0n) is 16.9. The van der Waals surface area contributed by atoms with Gasteiger partial charge in [0, 0.05) is 31.7 Å². The van der Waals surface area contributed by atoms with Crippen LogP contribution in [0.5, 0.6) is 0 Å². The molecule has 0 aliphatic carbocycles. The molecule has 2 N–H and O–H groups in total. The highest BCUT2D eigenvalue weighted by Gasteiger charge is 2.17. The van der Waals surface area contributed by atoms with E-state index in [1.54, 1.807) is 32.0 Å². The molecule has 2 aromatic rings. The first-order valence-electron chi connectivity index (χ1n) is 9.51. The van der Waals surface area contributed by atoms with Crippen molar-refractivity contribution in [2.75, 3.05) is 20.7 Å². The zero-order chi connectivity index (χ0) is 21.0. The molecule has 0 bridgehead atoms. The lowest BCUT2D eigenvalue weighted by atomic mass is 9.99. The van der Waals surface area contributed by atoms with Crippen LogP contribution in [0.3, 0.4) is 0 Å². The Balaban J connectivity index is 1.91. The van der Waals surface area contributed by atoms with Gasteiger partial charge in [-0.25, -0.2) is 9.79 Å². The number of nitrogens with two attached hydrogens (primary N) is 1. The van der Waals surface area contributed by atoms with E-state index in [0.29, 0.717) is 24.4 Å². The van der Waals surface area contributed by atoms with E-state index in [1.807, 2.05) is 42.5 Å². The Morgan fingerprint density at radius 1 is 1.10 bits per heavy atom. The van der Waals surface area contributed by atoms with E-state index >= 15 is 0 Å². The summed E-state index contributed by atoms with van der Waals surface area (Å²) < 4.78 is 5.13. The average Bonchev–Trinajstić information content (AvgIpc) is 2.86. The number of benzene rings is 2. The van der Waals surface area contributed by atoms with Crippen LogP contribution in [0.15, 0.2) is 53.0 Å². The second-order valence-electron chi connectivity index (χ2n) is 7.11. The van der Waals surface area contributed by atoms with Gasteiger partial charge in [0.05, 0.1) is 18.7 Å². The fraction of sp³-hybridized carbons (Fsp3) is 0.261. The summed E-state index contributed by atoms with van der Waals surface area (Å²) in [5.74, 6) is 0.0689. The Bertz CT molecular complexity index is 989. The summed E-state index contributed by atoms with van der Waals surface area (Å²) in [6.45, 7) is 2.08. The highest BCUT2D eigenvalue weighted by atomic mass is 16.5. The van der Waals surface area contributed by atoms with Crippen molar-refractivity contribution < 1.29 is 14.3 Å². The minimum absolute atomic E-state index is 0.0647. The average molecular weight is 391 g/mol. The molecule has 1 aliphatic heterocycles. The molecule has 0 fully saturated rings. The Morgan fingerprint density at radius 3 is 2.45 bits per heavy atom. The molecule has 0 aromatic heterocycles. The van der Waals surface area contributed by atoms with E-state index in [1.165, 1.54) is 0 Å². The minimum Gasteiger partial charge on any atom is -0.463 e. The van der Waals surface area contributed by atoms with Crippen molar-refractivity contribution >= 4 is 29.5 Å². The Hall–Kier alpha value is -3.41. The molecular weight excluding hydrogens is 366 g/mol. The van der Waals surface area contributed by atoms with Gasteiger partial charge in [0.15, 0.2) is 0 Å². The van der Waals surface area contributed by atoms with Crippen LogP contribution in [-0.2, 0) is 20.7 Å². The number of esters is 1. The van der Waals surface area contributed by atoms with Gasteiger partial charge >= 0.3 is 5.97 Å². The largest absolute Gasteiger partial charge is 0.463 e. The van der Waals surface area contributed by atoms with Crippen LogP contribution in [0.1, 0.15) is 24.5 Å². The monoisotopic (exact) mass is 391 g/mol. The van der Waals surface area contributed by atoms with Crippen molar-refractivity contribution in [3.8, 4) is 11.1 Å². The smallest absolute Gasteiger partial charge is 0.334 e. The fourth-order valence-electron chi connectivity index (χ4n) is 3.08. The molecule has 3 rings (SSSR count). The second kappa shape index (κ2) is 8.73. The number of rotatable bonds is 5. The van der Waals surface area contributed by atoms with Crippen molar-refractivity contribution in [2.24, 2.45) is 10.7 Å². The first-order chi connectivity index (χ1) is 13.9. The number of carbonyl (C=O) groups is 2. The molecule has 0 atom stereocenters. The number of ether oxygens (including phenoxy) is 1. The SMILES string of the molecule is CCOC(=O)C1=Cc2cc(-c3ccc(CC(=O)N(C)C)cc3)ccc2N=C(N)C1. The second-order valence-corrected chi connectivity index (χ2v) is 7.11. The van der Waals surface area contributed by atoms with Gasteiger partial charge in [-0.2, -0.15) is 0 Å². The molecule has 0 spiro atoms. The predicted molar refractivity (Wildman–Crippen MR) is 115 cm³/mol. The number of hydrogen-bond donors (Lipinski definition) is 1. The maximum atomic E-state index is 12.2. The Kier molecular flexibility index (Phi) is 6.12. The first kappa shape index (κ1) is 20.3. The van der Waals surface area contributed by atoms with Crippen LogP contribution in [0, 0.1) is 0 Å². The Labute approximate surface area is 170 Å². The van der Waals surface area contributed by atoms with E-state index in [2.05, 4.69) is 4.99 Å². The number of carbonyl (C=O) groups excluding carboxylic acids is 2. The molecule has 0 unspecified atom stereocenters. The summed E-state index contributed by atoms with van der Waals surface area (Å²) in [4.78, 5) is 30.1. The van der Waals surface area contributed by atoms with Crippen molar-refractivity contribution in [1.82, 2.24) is 4.90 Å². The highest BCUT2D eigenvalue weighted by Crippen LogP contribution is 2.31. The van der Waals surface area contributed by atoms with Crippen molar-refractivity contribution in [3.05, 3.63) is 59.2 Å². The van der Waals surface area contributed by atoms with E-state index < -0.39 is 0 Å². The molecule has 6 heteroatoms. The molecular formula is C23H25N3O3. The van der Waals surface area contributed by atoms with E-state index in [9.17, 15) is 9.59 Å². The van der Waals surface area contributed by atoms with Crippen molar-refractivity contribution in [3.63, 3.8) is 0 Å². The normalized spacial score (nSPS) is 12.9. The summed E-state index contributed by atoms with van der Waals surface area (Å²) in [5.41, 5.74) is 11.0. The van der Waals surface area contributed by atoms with Gasteiger partial charge in [0.2, 0.25) is 5.91 Å². The summed E-state index contributed by atoms with van der Waals surface area (Å²) >= 11 is 0. The van der Waals surface area contributed by atoms with Crippen LogP contribution in [0.25, 0.3) is 17.2 Å². The van der Waals surface area contributed by atoms with Gasteiger partial charge in [0.1, 0.15) is 5.84 Å². The van der Waals surface area contributed by atoms with Crippen LogP contribution in [-0.4, -0.2) is 43.3 Å². The molecule has 29 heavy (non-hydrogen) atoms. The number of aliphatic imine (C=N–C) groups is 1. The molecule has 1 heterocycles. The number of hydrogen-bond acceptors (Lipinski definition) is 5. The van der Waals surface area contributed by atoms with Crippen LogP contribution in [0.4, 0.5) is 5.69 Å². The molecule has 1 aliphatic rings. The minimum atomic E-state index is -0.376. The van der Waals surface area contributed by atoms with Crippen molar-refractivity contribution in [2.45, 2.75) is 19.8 Å². The maximum absolute atomic E-state index is 12.2. The molecule has 1 amide bonds. The van der Waals surface area contributed by atoms with Gasteiger partial charge in [0.25, 0.3) is 0 Å². The summed E-state index contributed by atoms with van der Waals surface area (Å²) in [7, 11) is 3.50. The van der Waals surface area contributed by atoms with E-state index in [4.69, 9.17) is 10.5 Å². The highest BCUT2D eigenvalue weighted by molar-refractivity contribution is 6.03. The van der Waals surface area contributed by atoms with Gasteiger partial charge in [-0.15, -0.1) is 0 Å². The predicted octanol–water partition coefficient (Wildman–Crippen LogP) is 3.32. The Morgan fingerprint density at radius 2 is 1.79 bits per heavy atom. The lowest BCUT2D eigenvalue weighted by molar-refractivity contribution is -0.138. The van der Waals surface area contributed by atoms with Gasteiger partial charge < -0.3 is 15.4 Å². The molecule has 0 saturated carbocycles. The molecule has 2 aromatic carbocycles. The van der Waals surface area contributed by atoms with Crippen LogP contribution in [0.2, 0.25) is 0 Å². The van der Waals surface area contributed by atoms with Gasteiger partial charge in [-0.1, -0.05) is 30.3 Å². The van der Waals surface area contributed by atoms with E-state index in [0.717, 1.165) is 27.9 Å². The third kappa shape index (κ3) is 4.90. The summed E-state index contributed by atoms with van der Waals surface area (Å²) in [5, 5.41) is 0. The fourth-order valence-corrected chi connectivity index (χ4v) is 3.08. The topological polar surface area (TPSA) is 85.0 Å². The molecule has 6 nitrogen and oxygen atoms in total. The number of fused-ring (bicyclic) bond motifs is 1. The third-order valence-electron chi connectivity index (χ3n) is 4.67. The summed E-state index contributed by atoms with van der Waals surface area (Å²) in [6.07, 6.45) is 2.43. The number of nitrogens with zero attached hydrogens (tertiary/aromatic N) is 2. The van der Waals surface area contributed by atoms with Gasteiger partial charge in [-0.05, 0) is 41.8 Å². The first-order valence-corrected chi connectivity index (χ1v) is 9.51.